The largest absolute Gasteiger partial charge is 0.468 e. The molecule has 0 fully saturated rings. The fourth-order valence-electron chi connectivity index (χ4n) is 4.64. The van der Waals surface area contributed by atoms with Gasteiger partial charge in [-0.05, 0) is 24.6 Å². The van der Waals surface area contributed by atoms with Crippen molar-refractivity contribution in [1.29, 1.82) is 0 Å². The zero-order valence-electron chi connectivity index (χ0n) is 19.2. The number of aliphatic imine (C=N–C) groups is 1. The van der Waals surface area contributed by atoms with Crippen LogP contribution in [0.2, 0.25) is 0 Å². The fraction of sp³-hybridized carbons (Fsp3) is 0.148. The van der Waals surface area contributed by atoms with Crippen LogP contribution >= 0.6 is 0 Å². The fourth-order valence-corrected chi connectivity index (χ4v) is 4.64. The molecular weight excluding hydrogens is 444 g/mol. The molecule has 0 bridgehead atoms. The normalized spacial score (nSPS) is 16.8. The number of benzene rings is 3. The van der Waals surface area contributed by atoms with Crippen molar-refractivity contribution in [3.63, 3.8) is 0 Å². The van der Waals surface area contributed by atoms with Crippen LogP contribution in [-0.4, -0.2) is 33.5 Å². The average Bonchev–Trinajstić information content (AvgIpc) is 3.27. The zero-order chi connectivity index (χ0) is 24.5. The van der Waals surface area contributed by atoms with Crippen LogP contribution in [-0.2, 0) is 9.53 Å². The number of para-hydroxylation sites is 1. The summed E-state index contributed by atoms with van der Waals surface area (Å²) in [4.78, 5) is 29.0. The number of hydrogen-bond donors (Lipinski definition) is 0. The predicted molar refractivity (Wildman–Crippen MR) is 132 cm³/mol. The number of nitro benzene ring substituents is 1. The van der Waals surface area contributed by atoms with E-state index in [4.69, 9.17) is 14.8 Å². The van der Waals surface area contributed by atoms with E-state index in [0.717, 1.165) is 16.8 Å². The Morgan fingerprint density at radius 3 is 2.34 bits per heavy atom. The number of non-ortho nitro benzene ring substituents is 1. The number of hydrogen-bond acceptors (Lipinski definition) is 6. The molecule has 3 aromatic carbocycles. The lowest BCUT2D eigenvalue weighted by atomic mass is 9.75. The monoisotopic (exact) mass is 466 g/mol. The summed E-state index contributed by atoms with van der Waals surface area (Å²) in [6, 6.07) is 25.6. The van der Waals surface area contributed by atoms with Gasteiger partial charge in [0.15, 0.2) is 5.82 Å². The van der Waals surface area contributed by atoms with Crippen molar-refractivity contribution < 1.29 is 14.5 Å². The molecule has 0 saturated carbocycles. The van der Waals surface area contributed by atoms with Crippen molar-refractivity contribution in [3.8, 4) is 16.9 Å². The summed E-state index contributed by atoms with van der Waals surface area (Å²) in [5, 5.41) is 16.5. The Kier molecular flexibility index (Phi) is 5.70. The highest BCUT2D eigenvalue weighted by molar-refractivity contribution is 6.05. The van der Waals surface area contributed by atoms with Gasteiger partial charge in [-0.15, -0.1) is 0 Å². The highest BCUT2D eigenvalue weighted by atomic mass is 16.6. The molecule has 0 aliphatic carbocycles. The maximum atomic E-state index is 13.1. The van der Waals surface area contributed by atoms with Crippen molar-refractivity contribution in [2.24, 2.45) is 10.9 Å². The van der Waals surface area contributed by atoms with E-state index in [1.165, 1.54) is 19.2 Å². The van der Waals surface area contributed by atoms with Gasteiger partial charge in [0.05, 0.1) is 23.4 Å². The van der Waals surface area contributed by atoms with Crippen LogP contribution in [0.3, 0.4) is 0 Å². The topological polar surface area (TPSA) is 99.6 Å². The van der Waals surface area contributed by atoms with Gasteiger partial charge < -0.3 is 4.74 Å². The molecule has 0 radical (unpaired) electrons. The van der Waals surface area contributed by atoms with Gasteiger partial charge in [-0.1, -0.05) is 60.7 Å². The number of carbonyl (C=O) groups excluding carboxylic acids is 1. The van der Waals surface area contributed by atoms with E-state index in [1.807, 2.05) is 60.7 Å². The Morgan fingerprint density at radius 2 is 1.69 bits per heavy atom. The number of fused-ring (bicyclic) bond motifs is 1. The van der Waals surface area contributed by atoms with Gasteiger partial charge >= 0.3 is 5.97 Å². The van der Waals surface area contributed by atoms with E-state index >= 15 is 0 Å². The Balaban J connectivity index is 1.85. The number of nitro groups is 1. The SMILES string of the molecule is COC(=O)C1C(C)=Nc2c(c(-c3ccccc3)nn2-c2ccccc2)C1c1cccc([N+](=O)[O-])c1. The first kappa shape index (κ1) is 22.2. The van der Waals surface area contributed by atoms with E-state index in [2.05, 4.69) is 0 Å². The van der Waals surface area contributed by atoms with Crippen molar-refractivity contribution in [2.75, 3.05) is 7.11 Å². The summed E-state index contributed by atoms with van der Waals surface area (Å²) in [6.45, 7) is 1.78. The highest BCUT2D eigenvalue weighted by Gasteiger charge is 2.42. The Morgan fingerprint density at radius 1 is 1.00 bits per heavy atom. The zero-order valence-corrected chi connectivity index (χ0v) is 19.2. The molecule has 0 N–H and O–H groups in total. The second-order valence-corrected chi connectivity index (χ2v) is 8.28. The molecule has 1 aromatic heterocycles. The molecule has 0 amide bonds. The van der Waals surface area contributed by atoms with Crippen LogP contribution in [0, 0.1) is 16.0 Å². The third kappa shape index (κ3) is 3.89. The number of rotatable bonds is 5. The van der Waals surface area contributed by atoms with E-state index in [1.54, 1.807) is 23.7 Å². The molecule has 0 saturated heterocycles. The maximum absolute atomic E-state index is 13.1. The third-order valence-corrected chi connectivity index (χ3v) is 6.22. The van der Waals surface area contributed by atoms with Crippen LogP contribution in [0.5, 0.6) is 0 Å². The standard InChI is InChI=1S/C27H22N4O4/c1-17-22(27(32)35-2)23(19-12-9-15-21(16-19)31(33)34)24-25(18-10-5-3-6-11-18)29-30(26(24)28-17)20-13-7-4-8-14-20/h3-16,22-23H,1-2H3. The van der Waals surface area contributed by atoms with Gasteiger partial charge in [0.25, 0.3) is 5.69 Å². The van der Waals surface area contributed by atoms with Crippen LogP contribution < -0.4 is 0 Å². The third-order valence-electron chi connectivity index (χ3n) is 6.22. The molecule has 4 aromatic rings. The first-order valence-electron chi connectivity index (χ1n) is 11.1. The number of nitrogens with zero attached hydrogens (tertiary/aromatic N) is 4. The van der Waals surface area contributed by atoms with Crippen molar-refractivity contribution >= 4 is 23.2 Å². The second kappa shape index (κ2) is 8.98. The number of aromatic nitrogens is 2. The van der Waals surface area contributed by atoms with E-state index in [9.17, 15) is 14.9 Å². The number of ether oxygens (including phenoxy) is 1. The van der Waals surface area contributed by atoms with Crippen LogP contribution in [0.4, 0.5) is 11.5 Å². The molecule has 1 aliphatic heterocycles. The van der Waals surface area contributed by atoms with E-state index in [0.29, 0.717) is 22.8 Å². The van der Waals surface area contributed by atoms with Gasteiger partial charge in [0.2, 0.25) is 0 Å². The summed E-state index contributed by atoms with van der Waals surface area (Å²) in [5.74, 6) is -1.21. The van der Waals surface area contributed by atoms with Crippen LogP contribution in [0.1, 0.15) is 24.0 Å². The molecule has 2 atom stereocenters. The molecule has 1 aliphatic rings. The first-order valence-corrected chi connectivity index (χ1v) is 11.1. The quantitative estimate of drug-likeness (QED) is 0.220. The number of esters is 1. The molecule has 5 rings (SSSR count). The molecule has 35 heavy (non-hydrogen) atoms. The second-order valence-electron chi connectivity index (χ2n) is 8.28. The van der Waals surface area contributed by atoms with Gasteiger partial charge in [0.1, 0.15) is 5.92 Å². The molecule has 2 unspecified atom stereocenters. The minimum atomic E-state index is -0.759. The predicted octanol–water partition coefficient (Wildman–Crippen LogP) is 5.47. The summed E-state index contributed by atoms with van der Waals surface area (Å²) in [7, 11) is 1.33. The average molecular weight is 466 g/mol. The van der Waals surface area contributed by atoms with Crippen LogP contribution in [0.25, 0.3) is 16.9 Å². The van der Waals surface area contributed by atoms with Crippen molar-refractivity contribution in [3.05, 3.63) is 106 Å². The van der Waals surface area contributed by atoms with Crippen molar-refractivity contribution in [1.82, 2.24) is 9.78 Å². The molecule has 2 heterocycles. The van der Waals surface area contributed by atoms with Gasteiger partial charge in [0, 0.05) is 34.9 Å². The summed E-state index contributed by atoms with van der Waals surface area (Å²) in [5.41, 5.74) is 4.17. The van der Waals surface area contributed by atoms with E-state index in [-0.39, 0.29) is 5.69 Å². The number of carbonyl (C=O) groups is 1. The Bertz CT molecular complexity index is 1440. The lowest BCUT2D eigenvalue weighted by molar-refractivity contribution is -0.384. The van der Waals surface area contributed by atoms with Gasteiger partial charge in [-0.3, -0.25) is 14.9 Å². The van der Waals surface area contributed by atoms with Crippen molar-refractivity contribution in [2.45, 2.75) is 12.8 Å². The summed E-state index contributed by atoms with van der Waals surface area (Å²) >= 11 is 0. The minimum absolute atomic E-state index is 0.0513. The van der Waals surface area contributed by atoms with Gasteiger partial charge in [-0.2, -0.15) is 5.10 Å². The Labute approximate surface area is 201 Å². The molecule has 174 valence electrons. The Hall–Kier alpha value is -4.59. The molecule has 8 heteroatoms. The first-order chi connectivity index (χ1) is 17.0. The molecule has 8 nitrogen and oxygen atoms in total. The summed E-state index contributed by atoms with van der Waals surface area (Å²) < 4.78 is 6.92. The molecule has 0 spiro atoms. The molecular formula is C27H22N4O4. The smallest absolute Gasteiger partial charge is 0.315 e. The lowest BCUT2D eigenvalue weighted by Gasteiger charge is -2.30. The highest BCUT2D eigenvalue weighted by Crippen LogP contribution is 2.48. The number of methoxy groups -OCH3 is 1. The summed E-state index contributed by atoms with van der Waals surface area (Å²) in [6.07, 6.45) is 0. The maximum Gasteiger partial charge on any atom is 0.315 e. The lowest BCUT2D eigenvalue weighted by Crippen LogP contribution is -2.33. The minimum Gasteiger partial charge on any atom is -0.468 e. The van der Waals surface area contributed by atoms with E-state index < -0.39 is 22.7 Å². The van der Waals surface area contributed by atoms with Crippen LogP contribution in [0.15, 0.2) is 89.9 Å². The van der Waals surface area contributed by atoms with Gasteiger partial charge in [-0.25, -0.2) is 9.67 Å².